The van der Waals surface area contributed by atoms with Gasteiger partial charge in [0.1, 0.15) is 0 Å². The largest absolute Gasteiger partial charge is 0.383 e. The van der Waals surface area contributed by atoms with Gasteiger partial charge in [-0.1, -0.05) is 6.42 Å². The molecule has 1 atom stereocenters. The van der Waals surface area contributed by atoms with Gasteiger partial charge in [-0.3, -0.25) is 14.5 Å². The fourth-order valence-electron chi connectivity index (χ4n) is 2.81. The second kappa shape index (κ2) is 5.25. The van der Waals surface area contributed by atoms with Crippen molar-refractivity contribution in [3.05, 3.63) is 29.3 Å². The molecule has 1 aromatic carbocycles. The molecule has 2 heterocycles. The quantitative estimate of drug-likeness (QED) is 0.819. The Hall–Kier alpha value is -1.88. The summed E-state index contributed by atoms with van der Waals surface area (Å²) in [6, 6.07) is 5.86. The molecule has 1 aromatic rings. The highest BCUT2D eigenvalue weighted by Crippen LogP contribution is 2.24. The summed E-state index contributed by atoms with van der Waals surface area (Å²) in [4.78, 5) is 24.9. The van der Waals surface area contributed by atoms with Crippen molar-refractivity contribution in [1.29, 1.82) is 0 Å². The van der Waals surface area contributed by atoms with Crippen LogP contribution in [0.25, 0.3) is 0 Å². The maximum atomic E-state index is 11.9. The Labute approximate surface area is 118 Å². The van der Waals surface area contributed by atoms with Crippen LogP contribution in [-0.4, -0.2) is 42.9 Å². The van der Waals surface area contributed by atoms with E-state index in [1.54, 1.807) is 12.1 Å². The highest BCUT2D eigenvalue weighted by atomic mass is 16.2. The molecule has 0 aliphatic carbocycles. The van der Waals surface area contributed by atoms with E-state index < -0.39 is 0 Å². The van der Waals surface area contributed by atoms with E-state index in [0.717, 1.165) is 23.7 Å². The number of piperidine rings is 1. The van der Waals surface area contributed by atoms with Crippen molar-refractivity contribution >= 4 is 17.5 Å². The van der Waals surface area contributed by atoms with Gasteiger partial charge in [-0.15, -0.1) is 0 Å². The number of carbonyl (C=O) groups excluding carboxylic acids is 2. The van der Waals surface area contributed by atoms with Crippen LogP contribution >= 0.6 is 0 Å². The smallest absolute Gasteiger partial charge is 0.261 e. The summed E-state index contributed by atoms with van der Waals surface area (Å²) in [5, 5.41) is 6.82. The first-order valence-electron chi connectivity index (χ1n) is 7.10. The molecule has 3 rings (SSSR count). The van der Waals surface area contributed by atoms with Gasteiger partial charge in [0.15, 0.2) is 0 Å². The minimum absolute atomic E-state index is 0.217. The maximum Gasteiger partial charge on any atom is 0.261 e. The standard InChI is InChI=1S/C15H19N3O2/c1-18-14(19)12-6-5-10(8-13(12)15(18)20)17-9-11-4-2-3-7-16-11/h5-6,8,11,16-17H,2-4,7,9H2,1H3. The number of benzene rings is 1. The maximum absolute atomic E-state index is 11.9. The molecule has 1 saturated heterocycles. The average Bonchev–Trinajstić information content (AvgIpc) is 2.71. The van der Waals surface area contributed by atoms with E-state index >= 15 is 0 Å². The summed E-state index contributed by atoms with van der Waals surface area (Å²) >= 11 is 0. The number of rotatable bonds is 3. The van der Waals surface area contributed by atoms with E-state index in [9.17, 15) is 9.59 Å². The van der Waals surface area contributed by atoms with Crippen molar-refractivity contribution in [3.63, 3.8) is 0 Å². The van der Waals surface area contributed by atoms with Crippen molar-refractivity contribution in [2.45, 2.75) is 25.3 Å². The number of hydrogen-bond acceptors (Lipinski definition) is 4. The van der Waals surface area contributed by atoms with Crippen LogP contribution in [0.1, 0.15) is 40.0 Å². The van der Waals surface area contributed by atoms with E-state index in [1.807, 2.05) is 6.07 Å². The van der Waals surface area contributed by atoms with Gasteiger partial charge in [-0.2, -0.15) is 0 Å². The van der Waals surface area contributed by atoms with Crippen LogP contribution in [-0.2, 0) is 0 Å². The van der Waals surface area contributed by atoms with Gasteiger partial charge in [0.2, 0.25) is 0 Å². The third-order valence-corrected chi connectivity index (χ3v) is 4.05. The lowest BCUT2D eigenvalue weighted by Crippen LogP contribution is -2.39. The highest BCUT2D eigenvalue weighted by Gasteiger charge is 2.32. The van der Waals surface area contributed by atoms with Crippen molar-refractivity contribution in [2.24, 2.45) is 0 Å². The zero-order valence-electron chi connectivity index (χ0n) is 11.6. The van der Waals surface area contributed by atoms with Gasteiger partial charge in [0, 0.05) is 25.3 Å². The Kier molecular flexibility index (Phi) is 3.44. The van der Waals surface area contributed by atoms with Crippen molar-refractivity contribution in [3.8, 4) is 0 Å². The van der Waals surface area contributed by atoms with Crippen LogP contribution in [0.5, 0.6) is 0 Å². The molecule has 20 heavy (non-hydrogen) atoms. The Morgan fingerprint density at radius 3 is 2.80 bits per heavy atom. The number of carbonyl (C=O) groups is 2. The Bertz CT molecular complexity index is 550. The lowest BCUT2D eigenvalue weighted by Gasteiger charge is -2.24. The molecule has 0 spiro atoms. The lowest BCUT2D eigenvalue weighted by atomic mass is 10.0. The molecule has 2 amide bonds. The predicted octanol–water partition coefficient (Wildman–Crippen LogP) is 1.47. The normalized spacial score (nSPS) is 22.1. The van der Waals surface area contributed by atoms with E-state index in [0.29, 0.717) is 17.2 Å². The number of anilines is 1. The molecule has 5 nitrogen and oxygen atoms in total. The van der Waals surface area contributed by atoms with Crippen LogP contribution < -0.4 is 10.6 Å². The molecule has 0 radical (unpaired) electrons. The zero-order valence-corrected chi connectivity index (χ0v) is 11.6. The number of imide groups is 1. The minimum Gasteiger partial charge on any atom is -0.383 e. The first-order chi connectivity index (χ1) is 9.66. The molecule has 1 unspecified atom stereocenters. The predicted molar refractivity (Wildman–Crippen MR) is 77.0 cm³/mol. The molecular formula is C15H19N3O2. The van der Waals surface area contributed by atoms with Gasteiger partial charge in [0.25, 0.3) is 11.8 Å². The second-order valence-corrected chi connectivity index (χ2v) is 5.46. The van der Waals surface area contributed by atoms with Gasteiger partial charge in [-0.25, -0.2) is 0 Å². The van der Waals surface area contributed by atoms with E-state index in [1.165, 1.54) is 26.3 Å². The molecule has 0 saturated carbocycles. The fraction of sp³-hybridized carbons (Fsp3) is 0.467. The summed E-state index contributed by atoms with van der Waals surface area (Å²) in [7, 11) is 1.52. The van der Waals surface area contributed by atoms with Gasteiger partial charge in [-0.05, 0) is 37.6 Å². The second-order valence-electron chi connectivity index (χ2n) is 5.46. The van der Waals surface area contributed by atoms with Crippen LogP contribution in [0.15, 0.2) is 18.2 Å². The molecule has 0 bridgehead atoms. The molecule has 2 aliphatic rings. The number of hydrogen-bond donors (Lipinski definition) is 2. The Morgan fingerprint density at radius 2 is 2.05 bits per heavy atom. The Morgan fingerprint density at radius 1 is 1.25 bits per heavy atom. The van der Waals surface area contributed by atoms with Crippen molar-refractivity contribution in [2.75, 3.05) is 25.5 Å². The van der Waals surface area contributed by atoms with Gasteiger partial charge in [0.05, 0.1) is 11.1 Å². The average molecular weight is 273 g/mol. The molecule has 0 aromatic heterocycles. The van der Waals surface area contributed by atoms with Crippen molar-refractivity contribution < 1.29 is 9.59 Å². The van der Waals surface area contributed by atoms with Crippen LogP contribution in [0.3, 0.4) is 0 Å². The third kappa shape index (κ3) is 2.29. The first kappa shape index (κ1) is 13.1. The fourth-order valence-corrected chi connectivity index (χ4v) is 2.81. The van der Waals surface area contributed by atoms with E-state index in [-0.39, 0.29) is 11.8 Å². The van der Waals surface area contributed by atoms with Gasteiger partial charge < -0.3 is 10.6 Å². The monoisotopic (exact) mass is 273 g/mol. The summed E-state index contributed by atoms with van der Waals surface area (Å²) in [5.41, 5.74) is 1.89. The molecule has 5 heteroatoms. The topological polar surface area (TPSA) is 61.4 Å². The van der Waals surface area contributed by atoms with Crippen LogP contribution in [0, 0.1) is 0 Å². The molecule has 106 valence electrons. The summed E-state index contributed by atoms with van der Waals surface area (Å²) in [6.07, 6.45) is 3.69. The highest BCUT2D eigenvalue weighted by molar-refractivity contribution is 6.21. The van der Waals surface area contributed by atoms with E-state index in [4.69, 9.17) is 0 Å². The number of nitrogens with zero attached hydrogens (tertiary/aromatic N) is 1. The summed E-state index contributed by atoms with van der Waals surface area (Å²) < 4.78 is 0. The minimum atomic E-state index is -0.218. The van der Waals surface area contributed by atoms with Crippen LogP contribution in [0.2, 0.25) is 0 Å². The molecule has 2 aliphatic heterocycles. The number of nitrogens with one attached hydrogen (secondary N) is 2. The number of fused-ring (bicyclic) bond motifs is 1. The summed E-state index contributed by atoms with van der Waals surface area (Å²) in [6.45, 7) is 1.92. The molecule has 2 N–H and O–H groups in total. The molecule has 1 fully saturated rings. The zero-order chi connectivity index (χ0) is 14.1. The third-order valence-electron chi connectivity index (χ3n) is 4.05. The van der Waals surface area contributed by atoms with E-state index in [2.05, 4.69) is 10.6 Å². The summed E-state index contributed by atoms with van der Waals surface area (Å²) in [5.74, 6) is -0.435. The SMILES string of the molecule is CN1C(=O)c2ccc(NCC3CCCCN3)cc2C1=O. The Balaban J connectivity index is 1.70. The lowest BCUT2D eigenvalue weighted by molar-refractivity contribution is 0.0693. The molecular weight excluding hydrogens is 254 g/mol. The first-order valence-corrected chi connectivity index (χ1v) is 7.10. The van der Waals surface area contributed by atoms with Crippen LogP contribution in [0.4, 0.5) is 5.69 Å². The van der Waals surface area contributed by atoms with Gasteiger partial charge >= 0.3 is 0 Å². The van der Waals surface area contributed by atoms with Crippen molar-refractivity contribution in [1.82, 2.24) is 10.2 Å². The number of amides is 2.